The third-order valence-electron chi connectivity index (χ3n) is 3.50. The highest BCUT2D eigenvalue weighted by Crippen LogP contribution is 2.27. The van der Waals surface area contributed by atoms with Crippen LogP contribution in [0.25, 0.3) is 0 Å². The van der Waals surface area contributed by atoms with E-state index in [4.69, 9.17) is 21.1 Å². The summed E-state index contributed by atoms with van der Waals surface area (Å²) in [6.07, 6.45) is 4.51. The quantitative estimate of drug-likeness (QED) is 0.612. The van der Waals surface area contributed by atoms with Crippen LogP contribution < -0.4 is 14.8 Å². The van der Waals surface area contributed by atoms with Crippen molar-refractivity contribution in [1.82, 2.24) is 14.9 Å². The number of amides is 1. The molecule has 144 valence electrons. The van der Waals surface area contributed by atoms with Gasteiger partial charge in [-0.25, -0.2) is 9.07 Å². The number of benzene rings is 2. The molecule has 1 aromatic heterocycles. The van der Waals surface area contributed by atoms with Gasteiger partial charge in [-0.2, -0.15) is 5.10 Å². The second-order valence-electron chi connectivity index (χ2n) is 5.46. The maximum atomic E-state index is 13.2. The van der Waals surface area contributed by atoms with Crippen molar-refractivity contribution in [1.29, 1.82) is 0 Å². The molecule has 3 aromatic rings. The summed E-state index contributed by atoms with van der Waals surface area (Å²) >= 11 is 5.69. The summed E-state index contributed by atoms with van der Waals surface area (Å²) in [6, 6.07) is 9.02. The fraction of sp³-hybridized carbons (Fsp3) is 0.111. The predicted octanol–water partition coefficient (Wildman–Crippen LogP) is 2.98. The largest absolute Gasteiger partial charge is 0.493 e. The fourth-order valence-electron chi connectivity index (χ4n) is 2.19. The molecule has 0 unspecified atom stereocenters. The second-order valence-corrected chi connectivity index (χ2v) is 5.87. The Hall–Kier alpha value is -3.46. The van der Waals surface area contributed by atoms with Crippen LogP contribution in [0.15, 0.2) is 54.2 Å². The summed E-state index contributed by atoms with van der Waals surface area (Å²) in [7, 11) is 1.49. The van der Waals surface area contributed by atoms with E-state index in [1.165, 1.54) is 42.6 Å². The third-order valence-corrected chi connectivity index (χ3v) is 3.79. The molecule has 8 nitrogen and oxygen atoms in total. The van der Waals surface area contributed by atoms with Gasteiger partial charge in [0, 0.05) is 5.69 Å². The van der Waals surface area contributed by atoms with Crippen molar-refractivity contribution in [3.8, 4) is 11.5 Å². The van der Waals surface area contributed by atoms with E-state index in [2.05, 4.69) is 20.6 Å². The molecule has 0 saturated carbocycles. The number of methoxy groups -OCH3 is 1. The smallest absolute Gasteiger partial charge is 0.262 e. The number of carbonyl (C=O) groups excluding carboxylic acids is 1. The molecule has 0 aliphatic rings. The monoisotopic (exact) mass is 403 g/mol. The Bertz CT molecular complexity index is 995. The molecule has 10 heteroatoms. The van der Waals surface area contributed by atoms with Crippen molar-refractivity contribution in [3.05, 3.63) is 65.5 Å². The van der Waals surface area contributed by atoms with Crippen LogP contribution in [0.4, 0.5) is 10.1 Å². The minimum absolute atomic E-state index is 0.0795. The van der Waals surface area contributed by atoms with Crippen LogP contribution >= 0.6 is 11.6 Å². The second kappa shape index (κ2) is 8.96. The first-order valence-corrected chi connectivity index (χ1v) is 8.37. The zero-order valence-corrected chi connectivity index (χ0v) is 15.4. The Morgan fingerprint density at radius 2 is 2.04 bits per heavy atom. The molecule has 28 heavy (non-hydrogen) atoms. The number of anilines is 1. The molecule has 0 saturated heterocycles. The number of carbonyl (C=O) groups is 1. The molecular formula is C18H15ClFN5O3. The molecule has 0 bridgehead atoms. The van der Waals surface area contributed by atoms with Gasteiger partial charge in [-0.1, -0.05) is 11.6 Å². The number of aromatic nitrogens is 3. The van der Waals surface area contributed by atoms with Crippen LogP contribution in [0.2, 0.25) is 5.02 Å². The van der Waals surface area contributed by atoms with E-state index < -0.39 is 11.7 Å². The minimum atomic E-state index is -0.561. The predicted molar refractivity (Wildman–Crippen MR) is 102 cm³/mol. The Labute approximate surface area is 164 Å². The van der Waals surface area contributed by atoms with E-state index in [0.29, 0.717) is 17.2 Å². The molecule has 0 aliphatic carbocycles. The van der Waals surface area contributed by atoms with Crippen LogP contribution in [0.3, 0.4) is 0 Å². The Kier molecular flexibility index (Phi) is 6.18. The van der Waals surface area contributed by atoms with Gasteiger partial charge in [0.2, 0.25) is 0 Å². The Morgan fingerprint density at radius 3 is 2.75 bits per heavy atom. The van der Waals surface area contributed by atoms with E-state index >= 15 is 0 Å². The van der Waals surface area contributed by atoms with Gasteiger partial charge in [0.05, 0.1) is 18.3 Å². The summed E-state index contributed by atoms with van der Waals surface area (Å²) in [4.78, 5) is 12.0. The van der Waals surface area contributed by atoms with E-state index in [9.17, 15) is 9.18 Å². The maximum Gasteiger partial charge on any atom is 0.262 e. The van der Waals surface area contributed by atoms with Gasteiger partial charge in [0.15, 0.2) is 18.1 Å². The van der Waals surface area contributed by atoms with E-state index in [1.54, 1.807) is 24.4 Å². The van der Waals surface area contributed by atoms with Gasteiger partial charge in [-0.15, -0.1) is 10.2 Å². The summed E-state index contributed by atoms with van der Waals surface area (Å²) in [6.45, 7) is -0.264. The van der Waals surface area contributed by atoms with Crippen molar-refractivity contribution in [2.45, 2.75) is 0 Å². The number of ether oxygens (including phenoxy) is 2. The lowest BCUT2D eigenvalue weighted by atomic mass is 10.2. The molecule has 0 radical (unpaired) electrons. The van der Waals surface area contributed by atoms with Crippen LogP contribution in [-0.4, -0.2) is 40.7 Å². The lowest BCUT2D eigenvalue weighted by Crippen LogP contribution is -2.20. The van der Waals surface area contributed by atoms with Crippen molar-refractivity contribution in [3.63, 3.8) is 0 Å². The molecule has 1 amide bonds. The SMILES string of the molecule is COc1cc(/C=N\n2cnnc2)ccc1OCC(=O)Nc1ccc(F)c(Cl)c1. The Morgan fingerprint density at radius 1 is 1.25 bits per heavy atom. The normalized spacial score (nSPS) is 10.8. The lowest BCUT2D eigenvalue weighted by Gasteiger charge is -2.11. The third kappa shape index (κ3) is 5.04. The molecule has 0 spiro atoms. The summed E-state index contributed by atoms with van der Waals surface area (Å²) in [5.74, 6) is -0.168. The van der Waals surface area contributed by atoms with E-state index in [0.717, 1.165) is 5.56 Å². The lowest BCUT2D eigenvalue weighted by molar-refractivity contribution is -0.118. The van der Waals surface area contributed by atoms with Crippen LogP contribution in [0.5, 0.6) is 11.5 Å². The first kappa shape index (κ1) is 19.3. The highest BCUT2D eigenvalue weighted by Gasteiger charge is 2.10. The first-order valence-electron chi connectivity index (χ1n) is 8.00. The first-order chi connectivity index (χ1) is 13.5. The molecule has 1 heterocycles. The van der Waals surface area contributed by atoms with Gasteiger partial charge in [-0.05, 0) is 42.0 Å². The topological polar surface area (TPSA) is 90.6 Å². The number of halogens is 2. The van der Waals surface area contributed by atoms with E-state index in [-0.39, 0.29) is 11.6 Å². The maximum absolute atomic E-state index is 13.2. The molecule has 1 N–H and O–H groups in total. The van der Waals surface area contributed by atoms with Crippen molar-refractivity contribution >= 4 is 29.4 Å². The highest BCUT2D eigenvalue weighted by molar-refractivity contribution is 6.31. The zero-order chi connectivity index (χ0) is 19.9. The molecule has 2 aromatic carbocycles. The number of hydrogen-bond acceptors (Lipinski definition) is 6. The van der Waals surface area contributed by atoms with Crippen LogP contribution in [0.1, 0.15) is 5.56 Å². The fourth-order valence-corrected chi connectivity index (χ4v) is 2.37. The average Bonchev–Trinajstić information content (AvgIpc) is 3.21. The number of hydrogen-bond donors (Lipinski definition) is 1. The molecule has 3 rings (SSSR count). The van der Waals surface area contributed by atoms with E-state index in [1.807, 2.05) is 0 Å². The number of nitrogens with one attached hydrogen (secondary N) is 1. The summed E-state index contributed by atoms with van der Waals surface area (Å²) in [5.41, 5.74) is 1.12. The summed E-state index contributed by atoms with van der Waals surface area (Å²) < 4.78 is 25.4. The zero-order valence-electron chi connectivity index (χ0n) is 14.7. The van der Waals surface area contributed by atoms with Crippen LogP contribution in [0, 0.1) is 5.82 Å². The van der Waals surface area contributed by atoms with Gasteiger partial charge >= 0.3 is 0 Å². The van der Waals surface area contributed by atoms with Crippen molar-refractivity contribution in [2.24, 2.45) is 5.10 Å². The van der Waals surface area contributed by atoms with Gasteiger partial charge in [0.25, 0.3) is 5.91 Å². The molecular weight excluding hydrogens is 389 g/mol. The minimum Gasteiger partial charge on any atom is -0.493 e. The van der Waals surface area contributed by atoms with Crippen molar-refractivity contribution in [2.75, 3.05) is 19.0 Å². The standard InChI is InChI=1S/C18H15ClFN5O3/c1-27-17-6-12(8-23-25-10-21-22-11-25)2-5-16(17)28-9-18(26)24-13-3-4-15(20)14(19)7-13/h2-8,10-11H,9H2,1H3,(H,24,26)/b23-8-. The van der Waals surface area contributed by atoms with Crippen LogP contribution in [-0.2, 0) is 4.79 Å². The highest BCUT2D eigenvalue weighted by atomic mass is 35.5. The van der Waals surface area contributed by atoms with Gasteiger partial charge in [-0.3, -0.25) is 4.79 Å². The molecule has 0 fully saturated rings. The number of nitrogens with zero attached hydrogens (tertiary/aromatic N) is 4. The molecule has 0 aliphatic heterocycles. The molecule has 0 atom stereocenters. The number of rotatable bonds is 7. The van der Waals surface area contributed by atoms with Gasteiger partial charge in [0.1, 0.15) is 18.5 Å². The van der Waals surface area contributed by atoms with Crippen molar-refractivity contribution < 1.29 is 18.7 Å². The average molecular weight is 404 g/mol. The van der Waals surface area contributed by atoms with Gasteiger partial charge < -0.3 is 14.8 Å². The Balaban J connectivity index is 1.61. The summed E-state index contributed by atoms with van der Waals surface area (Å²) in [5, 5.41) is 13.9.